The second kappa shape index (κ2) is 28.0. The van der Waals surface area contributed by atoms with Crippen LogP contribution in [0.3, 0.4) is 0 Å². The number of nitrogens with zero attached hydrogens (tertiary/aromatic N) is 1. The van der Waals surface area contributed by atoms with Crippen LogP contribution in [0.4, 0.5) is 0 Å². The first-order valence-corrected chi connectivity index (χ1v) is 19.8. The molecular formula is C34H66NO8P2+. The molecule has 0 spiro atoms. The van der Waals surface area contributed by atoms with E-state index in [4.69, 9.17) is 25.8 Å². The number of ether oxygens (including phenoxy) is 1. The van der Waals surface area contributed by atoms with Gasteiger partial charge in [0.25, 0.3) is 0 Å². The average molecular weight is 679 g/mol. The van der Waals surface area contributed by atoms with Crippen molar-refractivity contribution in [2.45, 2.75) is 126 Å². The molecule has 0 aliphatic rings. The van der Waals surface area contributed by atoms with Gasteiger partial charge in [-0.3, -0.25) is 4.52 Å². The van der Waals surface area contributed by atoms with Gasteiger partial charge in [0.05, 0.1) is 39.4 Å². The van der Waals surface area contributed by atoms with Gasteiger partial charge in [-0.25, -0.2) is 9.13 Å². The van der Waals surface area contributed by atoms with Gasteiger partial charge in [-0.05, 0) is 72.1 Å². The first-order chi connectivity index (χ1) is 21.2. The first kappa shape index (κ1) is 46.1. The maximum absolute atomic E-state index is 11.3. The summed E-state index contributed by atoms with van der Waals surface area (Å²) in [7, 11) is -9.87. The average Bonchev–Trinajstić information content (AvgIpc) is 2.95. The zero-order valence-electron chi connectivity index (χ0n) is 29.5. The predicted octanol–water partition coefficient (Wildman–Crippen LogP) is 9.27. The topological polar surface area (TPSA) is 123 Å². The van der Waals surface area contributed by atoms with Gasteiger partial charge >= 0.3 is 15.6 Å². The number of phosphoric acid groups is 2. The summed E-state index contributed by atoms with van der Waals surface area (Å²) in [4.78, 5) is 26.2. The number of terminal acetylenes is 1. The third kappa shape index (κ3) is 30.1. The van der Waals surface area contributed by atoms with Crippen LogP contribution in [0, 0.1) is 12.3 Å². The molecule has 0 saturated carbocycles. The number of hydrogen-bond acceptors (Lipinski definition) is 5. The van der Waals surface area contributed by atoms with Crippen molar-refractivity contribution < 1.29 is 41.9 Å². The lowest BCUT2D eigenvalue weighted by atomic mass is 10.1. The van der Waals surface area contributed by atoms with Crippen molar-refractivity contribution >= 4 is 15.6 Å². The van der Waals surface area contributed by atoms with E-state index in [1.54, 1.807) is 6.08 Å². The fourth-order valence-electron chi connectivity index (χ4n) is 4.70. The van der Waals surface area contributed by atoms with Gasteiger partial charge in [0.2, 0.25) is 0 Å². The van der Waals surface area contributed by atoms with Crippen LogP contribution >= 0.6 is 15.6 Å². The molecule has 0 fully saturated rings. The van der Waals surface area contributed by atoms with E-state index in [2.05, 4.69) is 61.5 Å². The summed E-state index contributed by atoms with van der Waals surface area (Å²) in [5, 5.41) is 0. The zero-order valence-corrected chi connectivity index (χ0v) is 31.3. The van der Waals surface area contributed by atoms with E-state index >= 15 is 0 Å². The van der Waals surface area contributed by atoms with Crippen molar-refractivity contribution in [2.75, 3.05) is 46.0 Å². The van der Waals surface area contributed by atoms with Crippen molar-refractivity contribution in [3.8, 4) is 12.3 Å². The Morgan fingerprint density at radius 1 is 0.733 bits per heavy atom. The molecule has 0 heterocycles. The SMILES string of the molecule is C#CCOC/C(C)=C/CC/C(C)=C/CC/C(C)=C/COP(=O)(O)OP(=O)(O)O.CCCC[N+](CCCC)(CCCC)CCCC. The molecule has 0 saturated heterocycles. The largest absolute Gasteiger partial charge is 0.481 e. The van der Waals surface area contributed by atoms with Crippen LogP contribution in [0.2, 0.25) is 0 Å². The number of phosphoric ester groups is 1. The van der Waals surface area contributed by atoms with Gasteiger partial charge in [-0.1, -0.05) is 94.2 Å². The summed E-state index contributed by atoms with van der Waals surface area (Å²) >= 11 is 0. The highest BCUT2D eigenvalue weighted by Gasteiger charge is 2.31. The monoisotopic (exact) mass is 678 g/mol. The maximum atomic E-state index is 11.3. The van der Waals surface area contributed by atoms with Crippen molar-refractivity contribution in [3.63, 3.8) is 0 Å². The number of unbranched alkanes of at least 4 members (excludes halogenated alkanes) is 4. The standard InChI is InChI=1S/C18H30O8P2.C16H36N/c1-5-13-24-15-18(4)11-7-9-16(2)8-6-10-17(3)12-14-25-28(22,23)26-27(19,20)21;1-5-9-13-17(14-10-6-2,15-11-7-3)16-12-8-4/h1,8,11-12H,6-7,9-10,13-15H2,2-4H3,(H,22,23)(H2,19,20,21);5-16H2,1-4H3/q;+1/b16-8+,17-12+,18-11+;. The Kier molecular flexibility index (Phi) is 28.7. The minimum absolute atomic E-state index is 0.284. The molecule has 0 amide bonds. The van der Waals surface area contributed by atoms with Crippen molar-refractivity contribution in [1.29, 1.82) is 0 Å². The summed E-state index contributed by atoms with van der Waals surface area (Å²) < 4.78 is 36.7. The zero-order chi connectivity index (χ0) is 34.6. The lowest BCUT2D eigenvalue weighted by Crippen LogP contribution is -2.50. The Balaban J connectivity index is 0. The van der Waals surface area contributed by atoms with Gasteiger partial charge < -0.3 is 23.9 Å². The summed E-state index contributed by atoms with van der Waals surface area (Å²) in [6.45, 7) is 21.5. The van der Waals surface area contributed by atoms with E-state index in [0.29, 0.717) is 13.2 Å². The molecule has 45 heavy (non-hydrogen) atoms. The number of rotatable bonds is 26. The quantitative estimate of drug-likeness (QED) is 0.0272. The number of quaternary nitrogens is 1. The van der Waals surface area contributed by atoms with Crippen LogP contribution in [0.15, 0.2) is 34.9 Å². The molecule has 3 N–H and O–H groups in total. The van der Waals surface area contributed by atoms with E-state index in [9.17, 15) is 9.13 Å². The van der Waals surface area contributed by atoms with Crippen molar-refractivity contribution in [1.82, 2.24) is 0 Å². The molecule has 0 aliphatic carbocycles. The number of allylic oxidation sites excluding steroid dienone is 4. The minimum atomic E-state index is -5.09. The Hall–Kier alpha value is -1.04. The highest BCUT2D eigenvalue weighted by atomic mass is 31.3. The van der Waals surface area contributed by atoms with Crippen LogP contribution in [0.5, 0.6) is 0 Å². The Bertz CT molecular complexity index is 944. The molecule has 1 unspecified atom stereocenters. The van der Waals surface area contributed by atoms with Crippen LogP contribution < -0.4 is 0 Å². The maximum Gasteiger partial charge on any atom is 0.481 e. The molecule has 11 heteroatoms. The molecule has 0 rings (SSSR count). The molecule has 0 aromatic rings. The van der Waals surface area contributed by atoms with Gasteiger partial charge in [0.1, 0.15) is 6.61 Å². The fourth-order valence-corrected chi connectivity index (χ4v) is 6.23. The van der Waals surface area contributed by atoms with Gasteiger partial charge in [0, 0.05) is 0 Å². The summed E-state index contributed by atoms with van der Waals surface area (Å²) in [6.07, 6.45) is 25.4. The van der Waals surface area contributed by atoms with E-state index < -0.39 is 15.6 Å². The Labute approximate surface area is 276 Å². The predicted molar refractivity (Wildman–Crippen MR) is 188 cm³/mol. The minimum Gasteiger partial charge on any atom is -0.364 e. The van der Waals surface area contributed by atoms with Gasteiger partial charge in [-0.15, -0.1) is 6.42 Å². The second-order valence-electron chi connectivity index (χ2n) is 11.9. The van der Waals surface area contributed by atoms with Crippen LogP contribution in [-0.4, -0.2) is 65.2 Å². The van der Waals surface area contributed by atoms with Crippen LogP contribution in [0.1, 0.15) is 126 Å². The van der Waals surface area contributed by atoms with Gasteiger partial charge in [-0.2, -0.15) is 4.31 Å². The smallest absolute Gasteiger partial charge is 0.364 e. The van der Waals surface area contributed by atoms with Crippen molar-refractivity contribution in [2.24, 2.45) is 0 Å². The third-order valence-electron chi connectivity index (χ3n) is 7.40. The molecule has 264 valence electrons. The molecule has 1 atom stereocenters. The molecule has 9 nitrogen and oxygen atoms in total. The highest BCUT2D eigenvalue weighted by Crippen LogP contribution is 2.57. The lowest BCUT2D eigenvalue weighted by molar-refractivity contribution is -0.929. The molecular weight excluding hydrogens is 612 g/mol. The molecule has 0 aromatic heterocycles. The molecule has 0 aromatic carbocycles. The molecule has 0 radical (unpaired) electrons. The lowest BCUT2D eigenvalue weighted by Gasteiger charge is -2.39. The Morgan fingerprint density at radius 2 is 1.16 bits per heavy atom. The number of hydrogen-bond donors (Lipinski definition) is 3. The van der Waals surface area contributed by atoms with Crippen LogP contribution in [-0.2, 0) is 22.7 Å². The summed E-state index contributed by atoms with van der Waals surface area (Å²) in [5.41, 5.74) is 3.32. The van der Waals surface area contributed by atoms with E-state index in [0.717, 1.165) is 36.8 Å². The van der Waals surface area contributed by atoms with E-state index in [1.807, 2.05) is 13.8 Å². The van der Waals surface area contributed by atoms with E-state index in [-0.39, 0.29) is 6.61 Å². The normalized spacial score (nSPS) is 14.5. The molecule has 0 aliphatic heterocycles. The second-order valence-corrected chi connectivity index (χ2v) is 14.7. The summed E-state index contributed by atoms with van der Waals surface area (Å²) in [5.74, 6) is 2.42. The first-order valence-electron chi connectivity index (χ1n) is 16.8. The van der Waals surface area contributed by atoms with Crippen molar-refractivity contribution in [3.05, 3.63) is 34.9 Å². The van der Waals surface area contributed by atoms with E-state index in [1.165, 1.54) is 87.6 Å². The molecule has 0 bridgehead atoms. The van der Waals surface area contributed by atoms with Crippen LogP contribution in [0.25, 0.3) is 0 Å². The fraction of sp³-hybridized carbons (Fsp3) is 0.765. The Morgan fingerprint density at radius 3 is 1.56 bits per heavy atom. The highest BCUT2D eigenvalue weighted by molar-refractivity contribution is 7.60. The third-order valence-corrected chi connectivity index (χ3v) is 9.55. The summed E-state index contributed by atoms with van der Waals surface area (Å²) in [6, 6.07) is 0. The van der Waals surface area contributed by atoms with Gasteiger partial charge in [0.15, 0.2) is 0 Å².